The first-order valence-electron chi connectivity index (χ1n) is 10.3. The predicted molar refractivity (Wildman–Crippen MR) is 116 cm³/mol. The number of hydrogen-bond acceptors (Lipinski definition) is 4. The molecule has 0 bridgehead atoms. The summed E-state index contributed by atoms with van der Waals surface area (Å²) in [6, 6.07) is 12.7. The van der Waals surface area contributed by atoms with Crippen molar-refractivity contribution in [2.24, 2.45) is 5.92 Å². The third-order valence-electron chi connectivity index (χ3n) is 6.06. The number of urea groups is 1. The van der Waals surface area contributed by atoms with E-state index in [1.54, 1.807) is 16.3 Å². The fraction of sp³-hybridized carbons (Fsp3) is 0.409. The van der Waals surface area contributed by atoms with Gasteiger partial charge in [0.25, 0.3) is 0 Å². The van der Waals surface area contributed by atoms with E-state index in [1.165, 1.54) is 24.3 Å². The Balaban J connectivity index is 1.39. The number of likely N-dealkylation sites (tertiary alicyclic amines) is 1. The summed E-state index contributed by atoms with van der Waals surface area (Å²) in [6.45, 7) is 1.66. The smallest absolute Gasteiger partial charge is 0.321 e. The molecule has 166 valence electrons. The number of carbonyl (C=O) groups excluding carboxylic acids is 1. The van der Waals surface area contributed by atoms with E-state index in [1.807, 2.05) is 24.3 Å². The van der Waals surface area contributed by atoms with Crippen molar-refractivity contribution in [3.8, 4) is 5.75 Å². The number of methoxy groups -OCH3 is 1. The van der Waals surface area contributed by atoms with Crippen LogP contribution >= 0.6 is 0 Å². The van der Waals surface area contributed by atoms with E-state index in [0.717, 1.165) is 11.3 Å². The van der Waals surface area contributed by atoms with Crippen molar-refractivity contribution in [3.63, 3.8) is 0 Å². The molecule has 0 spiro atoms. The summed E-state index contributed by atoms with van der Waals surface area (Å²) in [5.41, 5.74) is 1.43. The Hall–Kier alpha value is -2.65. The van der Waals surface area contributed by atoms with Gasteiger partial charge in [-0.1, -0.05) is 12.1 Å². The lowest BCUT2D eigenvalue weighted by Gasteiger charge is -2.22. The van der Waals surface area contributed by atoms with Crippen molar-refractivity contribution in [2.75, 3.05) is 32.1 Å². The number of fused-ring (bicyclic) bond motifs is 1. The summed E-state index contributed by atoms with van der Waals surface area (Å²) in [5, 5.41) is 2.28. The monoisotopic (exact) mass is 447 g/mol. The summed E-state index contributed by atoms with van der Waals surface area (Å²) in [5.74, 6) is 0.356. The Morgan fingerprint density at radius 1 is 1.10 bits per heavy atom. The maximum atomic E-state index is 13.2. The molecule has 0 unspecified atom stereocenters. The second-order valence-corrected chi connectivity index (χ2v) is 10.1. The number of amides is 2. The van der Waals surface area contributed by atoms with Crippen LogP contribution in [-0.2, 0) is 16.6 Å². The van der Waals surface area contributed by atoms with Gasteiger partial charge in [0.2, 0.25) is 10.0 Å². The maximum Gasteiger partial charge on any atom is 0.321 e. The van der Waals surface area contributed by atoms with Crippen LogP contribution in [0.15, 0.2) is 48.5 Å². The molecule has 2 aliphatic heterocycles. The van der Waals surface area contributed by atoms with Crippen LogP contribution in [0.1, 0.15) is 18.4 Å². The second-order valence-electron chi connectivity index (χ2n) is 7.99. The first-order chi connectivity index (χ1) is 14.9. The Bertz CT molecular complexity index is 1030. The number of nitrogens with zero attached hydrogens (tertiary/aromatic N) is 2. The topological polar surface area (TPSA) is 79.0 Å². The molecule has 2 heterocycles. The molecule has 1 N–H and O–H groups in total. The van der Waals surface area contributed by atoms with E-state index in [2.05, 4.69) is 5.32 Å². The molecule has 2 aromatic rings. The second kappa shape index (κ2) is 8.84. The lowest BCUT2D eigenvalue weighted by molar-refractivity contribution is 0.212. The zero-order valence-electron chi connectivity index (χ0n) is 17.3. The minimum atomic E-state index is -3.44. The van der Waals surface area contributed by atoms with Gasteiger partial charge in [0.05, 0.1) is 12.4 Å². The van der Waals surface area contributed by atoms with Crippen molar-refractivity contribution >= 4 is 21.7 Å². The summed E-state index contributed by atoms with van der Waals surface area (Å²) in [7, 11) is -1.84. The number of nitrogens with one attached hydrogen (secondary N) is 1. The average molecular weight is 448 g/mol. The normalized spacial score (nSPS) is 23.1. The lowest BCUT2D eigenvalue weighted by Crippen LogP contribution is -2.37. The first-order valence-corrected chi connectivity index (χ1v) is 11.8. The van der Waals surface area contributed by atoms with Crippen LogP contribution in [0.5, 0.6) is 5.75 Å². The standard InChI is InChI=1S/C22H26FN3O4S/c1-30-20-8-2-16(3-9-20)14-26-15-17-10-12-25(13-11-21(17)31(26,28)29)22(27)24-19-6-4-18(23)5-7-19/h2-9,17,21H,10-15H2,1H3,(H,24,27)/t17-,21-/m1/s1. The summed E-state index contributed by atoms with van der Waals surface area (Å²) in [6.07, 6.45) is 1.03. The van der Waals surface area contributed by atoms with Gasteiger partial charge in [-0.3, -0.25) is 0 Å². The van der Waals surface area contributed by atoms with Crippen molar-refractivity contribution in [1.29, 1.82) is 0 Å². The number of ether oxygens (including phenoxy) is 1. The Kier molecular flexibility index (Phi) is 6.15. The van der Waals surface area contributed by atoms with Crippen LogP contribution in [0.2, 0.25) is 0 Å². The molecule has 9 heteroatoms. The molecule has 2 aromatic carbocycles. The highest BCUT2D eigenvalue weighted by molar-refractivity contribution is 7.90. The number of sulfonamides is 1. The molecule has 31 heavy (non-hydrogen) atoms. The molecular formula is C22H26FN3O4S. The van der Waals surface area contributed by atoms with Gasteiger partial charge >= 0.3 is 6.03 Å². The number of carbonyl (C=O) groups is 1. The van der Waals surface area contributed by atoms with Crippen molar-refractivity contribution in [3.05, 3.63) is 59.9 Å². The number of benzene rings is 2. The minimum Gasteiger partial charge on any atom is -0.497 e. The molecule has 2 amide bonds. The first kappa shape index (κ1) is 21.6. The molecule has 2 saturated heterocycles. The largest absolute Gasteiger partial charge is 0.497 e. The lowest BCUT2D eigenvalue weighted by atomic mass is 10.0. The van der Waals surface area contributed by atoms with Gasteiger partial charge in [0, 0.05) is 31.9 Å². The summed E-state index contributed by atoms with van der Waals surface area (Å²) in [4.78, 5) is 14.2. The minimum absolute atomic E-state index is 0.00753. The Morgan fingerprint density at radius 2 is 1.77 bits per heavy atom. The van der Waals surface area contributed by atoms with E-state index in [-0.39, 0.29) is 17.8 Å². The van der Waals surface area contributed by atoms with Gasteiger partial charge in [-0.15, -0.1) is 0 Å². The van der Waals surface area contributed by atoms with Gasteiger partial charge in [0.1, 0.15) is 11.6 Å². The van der Waals surface area contributed by atoms with E-state index in [4.69, 9.17) is 4.74 Å². The van der Waals surface area contributed by atoms with Crippen LogP contribution in [0.4, 0.5) is 14.9 Å². The average Bonchev–Trinajstić information content (AvgIpc) is 2.89. The molecule has 2 fully saturated rings. The molecular weight excluding hydrogens is 421 g/mol. The molecule has 2 aliphatic rings. The molecule has 4 rings (SSSR count). The summed E-state index contributed by atoms with van der Waals surface area (Å²) >= 11 is 0. The Morgan fingerprint density at radius 3 is 2.45 bits per heavy atom. The molecule has 0 aliphatic carbocycles. The van der Waals surface area contributed by atoms with Crippen LogP contribution in [0.25, 0.3) is 0 Å². The van der Waals surface area contributed by atoms with E-state index >= 15 is 0 Å². The van der Waals surface area contributed by atoms with E-state index in [0.29, 0.717) is 44.7 Å². The van der Waals surface area contributed by atoms with E-state index in [9.17, 15) is 17.6 Å². The van der Waals surface area contributed by atoms with Gasteiger partial charge in [-0.2, -0.15) is 4.31 Å². The van der Waals surface area contributed by atoms with Crippen molar-refractivity contribution in [2.45, 2.75) is 24.6 Å². The zero-order valence-corrected chi connectivity index (χ0v) is 18.1. The van der Waals surface area contributed by atoms with Gasteiger partial charge in [-0.25, -0.2) is 17.6 Å². The number of rotatable bonds is 4. The van der Waals surface area contributed by atoms with Crippen molar-refractivity contribution < 1.29 is 22.3 Å². The van der Waals surface area contributed by atoms with E-state index < -0.39 is 15.3 Å². The molecule has 0 radical (unpaired) electrons. The number of hydrogen-bond donors (Lipinski definition) is 1. The molecule has 0 aromatic heterocycles. The van der Waals surface area contributed by atoms with Crippen LogP contribution in [0.3, 0.4) is 0 Å². The highest BCUT2D eigenvalue weighted by Crippen LogP contribution is 2.35. The quantitative estimate of drug-likeness (QED) is 0.780. The van der Waals surface area contributed by atoms with Crippen LogP contribution < -0.4 is 10.1 Å². The summed E-state index contributed by atoms with van der Waals surface area (Å²) < 4.78 is 46.1. The molecule has 2 atom stereocenters. The Labute approximate surface area is 181 Å². The highest BCUT2D eigenvalue weighted by atomic mass is 32.2. The maximum absolute atomic E-state index is 13.2. The molecule has 0 saturated carbocycles. The predicted octanol–water partition coefficient (Wildman–Crippen LogP) is 3.29. The van der Waals surface area contributed by atoms with Gasteiger partial charge < -0.3 is 15.0 Å². The van der Waals surface area contributed by atoms with Gasteiger partial charge in [0.15, 0.2) is 0 Å². The molecule has 7 nitrogen and oxygen atoms in total. The third-order valence-corrected chi connectivity index (χ3v) is 8.44. The van der Waals surface area contributed by atoms with Gasteiger partial charge in [-0.05, 0) is 60.7 Å². The SMILES string of the molecule is COc1ccc(CN2C[C@H]3CCN(C(=O)Nc4ccc(F)cc4)CC[C@H]3S2(=O)=O)cc1. The number of anilines is 1. The zero-order chi connectivity index (χ0) is 22.0. The third kappa shape index (κ3) is 4.67. The fourth-order valence-corrected chi connectivity index (χ4v) is 6.55. The highest BCUT2D eigenvalue weighted by Gasteiger charge is 2.47. The fourth-order valence-electron chi connectivity index (χ4n) is 4.32. The van der Waals surface area contributed by atoms with Crippen molar-refractivity contribution in [1.82, 2.24) is 9.21 Å². The van der Waals surface area contributed by atoms with Crippen LogP contribution in [0, 0.1) is 11.7 Å². The number of halogens is 1. The van der Waals surface area contributed by atoms with Crippen LogP contribution in [-0.4, -0.2) is 55.6 Å².